The minimum Gasteiger partial charge on any atom is -0.497 e. The molecule has 25 heavy (non-hydrogen) atoms. The highest BCUT2D eigenvalue weighted by Crippen LogP contribution is 2.28. The van der Waals surface area contributed by atoms with E-state index in [2.05, 4.69) is 17.2 Å². The van der Waals surface area contributed by atoms with Crippen LogP contribution in [0.2, 0.25) is 0 Å². The molecule has 0 radical (unpaired) electrons. The summed E-state index contributed by atoms with van der Waals surface area (Å²) in [5.41, 5.74) is 1.00. The van der Waals surface area contributed by atoms with Crippen LogP contribution < -0.4 is 10.1 Å². The molecule has 2 heterocycles. The standard InChI is InChI=1S/C18H23N3O2S.ClH/c1-3-10-21(14-8-9-19-11-14)18(22)16-12-20-17(24-16)13-4-6-15(23-2)7-5-13;/h4-7,12,14,19H,3,8-11H2,1-2H3;1H. The van der Waals surface area contributed by atoms with E-state index < -0.39 is 0 Å². The third-order valence-electron chi connectivity index (χ3n) is 4.25. The summed E-state index contributed by atoms with van der Waals surface area (Å²) in [5, 5.41) is 4.20. The molecule has 0 saturated carbocycles. The van der Waals surface area contributed by atoms with Crippen LogP contribution in [-0.2, 0) is 0 Å². The summed E-state index contributed by atoms with van der Waals surface area (Å²) in [7, 11) is 1.65. The molecular formula is C18H24ClN3O2S. The second-order valence-corrected chi connectivity index (χ2v) is 6.93. The Hall–Kier alpha value is -1.63. The van der Waals surface area contributed by atoms with Crippen molar-refractivity contribution in [2.75, 3.05) is 26.7 Å². The topological polar surface area (TPSA) is 54.5 Å². The van der Waals surface area contributed by atoms with Gasteiger partial charge in [0.25, 0.3) is 5.91 Å². The molecule has 2 aromatic rings. The van der Waals surface area contributed by atoms with Gasteiger partial charge >= 0.3 is 0 Å². The van der Waals surface area contributed by atoms with Crippen molar-refractivity contribution in [1.82, 2.24) is 15.2 Å². The van der Waals surface area contributed by atoms with Crippen molar-refractivity contribution < 1.29 is 9.53 Å². The molecule has 0 aliphatic carbocycles. The quantitative estimate of drug-likeness (QED) is 0.832. The van der Waals surface area contributed by atoms with E-state index >= 15 is 0 Å². The Balaban J connectivity index is 0.00000225. The first-order chi connectivity index (χ1) is 11.7. The SMILES string of the molecule is CCCN(C(=O)c1cnc(-c2ccc(OC)cc2)s1)C1CCNC1.Cl. The molecule has 1 saturated heterocycles. The molecular weight excluding hydrogens is 358 g/mol. The maximum absolute atomic E-state index is 12.9. The van der Waals surface area contributed by atoms with Gasteiger partial charge in [0.1, 0.15) is 15.6 Å². The molecule has 1 fully saturated rings. The summed E-state index contributed by atoms with van der Waals surface area (Å²) in [6.07, 6.45) is 3.69. The average molecular weight is 382 g/mol. The number of methoxy groups -OCH3 is 1. The van der Waals surface area contributed by atoms with Crippen molar-refractivity contribution in [1.29, 1.82) is 0 Å². The molecule has 1 aromatic carbocycles. The largest absolute Gasteiger partial charge is 0.497 e. The lowest BCUT2D eigenvalue weighted by Gasteiger charge is -2.27. The minimum atomic E-state index is 0. The Morgan fingerprint density at radius 3 is 2.76 bits per heavy atom. The number of halogens is 1. The fourth-order valence-electron chi connectivity index (χ4n) is 2.98. The van der Waals surface area contributed by atoms with Gasteiger partial charge in [0.05, 0.1) is 13.3 Å². The van der Waals surface area contributed by atoms with Gasteiger partial charge in [-0.05, 0) is 43.7 Å². The summed E-state index contributed by atoms with van der Waals surface area (Å²) < 4.78 is 5.18. The smallest absolute Gasteiger partial charge is 0.265 e. The number of hydrogen-bond donors (Lipinski definition) is 1. The van der Waals surface area contributed by atoms with E-state index in [4.69, 9.17) is 4.74 Å². The van der Waals surface area contributed by atoms with Gasteiger partial charge in [-0.2, -0.15) is 0 Å². The normalized spacial score (nSPS) is 16.3. The van der Waals surface area contributed by atoms with Gasteiger partial charge in [-0.3, -0.25) is 4.79 Å². The number of aromatic nitrogens is 1. The van der Waals surface area contributed by atoms with E-state index in [9.17, 15) is 4.79 Å². The predicted molar refractivity (Wildman–Crippen MR) is 104 cm³/mol. The first-order valence-corrected chi connectivity index (χ1v) is 9.16. The van der Waals surface area contributed by atoms with Crippen LogP contribution in [0.3, 0.4) is 0 Å². The molecule has 1 aromatic heterocycles. The van der Waals surface area contributed by atoms with E-state index in [0.29, 0.717) is 10.9 Å². The van der Waals surface area contributed by atoms with Crippen LogP contribution in [0.1, 0.15) is 29.4 Å². The Bertz CT molecular complexity index is 684. The van der Waals surface area contributed by atoms with Crippen molar-refractivity contribution >= 4 is 29.7 Å². The molecule has 1 aliphatic heterocycles. The van der Waals surface area contributed by atoms with Crippen molar-refractivity contribution in [3.05, 3.63) is 35.3 Å². The number of rotatable bonds is 6. The lowest BCUT2D eigenvalue weighted by molar-refractivity contribution is 0.0697. The Morgan fingerprint density at radius 1 is 1.40 bits per heavy atom. The molecule has 1 aliphatic rings. The van der Waals surface area contributed by atoms with Gasteiger partial charge in [0, 0.05) is 24.7 Å². The number of amides is 1. The Labute approximate surface area is 158 Å². The molecule has 7 heteroatoms. The van der Waals surface area contributed by atoms with Gasteiger partial charge in [0.2, 0.25) is 0 Å². The van der Waals surface area contributed by atoms with E-state index in [-0.39, 0.29) is 18.3 Å². The molecule has 1 atom stereocenters. The van der Waals surface area contributed by atoms with E-state index in [0.717, 1.165) is 48.8 Å². The number of thiazole rings is 1. The summed E-state index contributed by atoms with van der Waals surface area (Å²) in [4.78, 5) is 20.1. The van der Waals surface area contributed by atoms with Crippen molar-refractivity contribution in [2.45, 2.75) is 25.8 Å². The second-order valence-electron chi connectivity index (χ2n) is 5.90. The van der Waals surface area contributed by atoms with Gasteiger partial charge in [-0.25, -0.2) is 4.98 Å². The van der Waals surface area contributed by atoms with Gasteiger partial charge in [-0.1, -0.05) is 6.92 Å². The molecule has 0 spiro atoms. The number of benzene rings is 1. The zero-order chi connectivity index (χ0) is 16.9. The van der Waals surface area contributed by atoms with E-state index in [1.807, 2.05) is 29.2 Å². The fourth-order valence-corrected chi connectivity index (χ4v) is 3.86. The van der Waals surface area contributed by atoms with Crippen LogP contribution in [0.25, 0.3) is 10.6 Å². The predicted octanol–water partition coefficient (Wildman–Crippen LogP) is 3.45. The average Bonchev–Trinajstić information content (AvgIpc) is 3.31. The maximum atomic E-state index is 12.9. The molecule has 1 unspecified atom stereocenters. The lowest BCUT2D eigenvalue weighted by atomic mass is 10.2. The van der Waals surface area contributed by atoms with Crippen LogP contribution in [0.15, 0.2) is 30.5 Å². The molecule has 3 rings (SSSR count). The zero-order valence-electron chi connectivity index (χ0n) is 14.5. The summed E-state index contributed by atoms with van der Waals surface area (Å²) >= 11 is 1.46. The second kappa shape index (κ2) is 9.17. The highest BCUT2D eigenvalue weighted by molar-refractivity contribution is 7.16. The number of hydrogen-bond acceptors (Lipinski definition) is 5. The number of nitrogens with one attached hydrogen (secondary N) is 1. The Morgan fingerprint density at radius 2 is 2.16 bits per heavy atom. The van der Waals surface area contributed by atoms with Crippen molar-refractivity contribution in [3.63, 3.8) is 0 Å². The lowest BCUT2D eigenvalue weighted by Crippen LogP contribution is -2.41. The Kier molecular flexibility index (Phi) is 7.23. The van der Waals surface area contributed by atoms with Crippen molar-refractivity contribution in [2.24, 2.45) is 0 Å². The van der Waals surface area contributed by atoms with Gasteiger partial charge < -0.3 is 15.0 Å². The van der Waals surface area contributed by atoms with E-state index in [1.54, 1.807) is 13.3 Å². The van der Waals surface area contributed by atoms with Crippen molar-refractivity contribution in [3.8, 4) is 16.3 Å². The fraction of sp³-hybridized carbons (Fsp3) is 0.444. The van der Waals surface area contributed by atoms with Crippen LogP contribution in [0, 0.1) is 0 Å². The molecule has 136 valence electrons. The summed E-state index contributed by atoms with van der Waals surface area (Å²) in [6, 6.07) is 8.05. The van der Waals surface area contributed by atoms with Gasteiger partial charge in [0.15, 0.2) is 0 Å². The van der Waals surface area contributed by atoms with Gasteiger partial charge in [-0.15, -0.1) is 23.7 Å². The van der Waals surface area contributed by atoms with E-state index in [1.165, 1.54) is 11.3 Å². The van der Waals surface area contributed by atoms with Crippen LogP contribution >= 0.6 is 23.7 Å². The number of carbonyl (C=O) groups excluding carboxylic acids is 1. The third-order valence-corrected chi connectivity index (χ3v) is 5.29. The number of ether oxygens (including phenoxy) is 1. The summed E-state index contributed by atoms with van der Waals surface area (Å²) in [6.45, 7) is 4.77. The van der Waals surface area contributed by atoms with Crippen LogP contribution in [-0.4, -0.2) is 48.6 Å². The zero-order valence-corrected chi connectivity index (χ0v) is 16.2. The molecule has 1 amide bonds. The first kappa shape index (κ1) is 19.7. The minimum absolute atomic E-state index is 0. The number of carbonyl (C=O) groups is 1. The van der Waals surface area contributed by atoms with Crippen LogP contribution in [0.5, 0.6) is 5.75 Å². The maximum Gasteiger partial charge on any atom is 0.265 e. The van der Waals surface area contributed by atoms with Crippen LogP contribution in [0.4, 0.5) is 0 Å². The number of nitrogens with zero attached hydrogens (tertiary/aromatic N) is 2. The molecule has 5 nitrogen and oxygen atoms in total. The monoisotopic (exact) mass is 381 g/mol. The first-order valence-electron chi connectivity index (χ1n) is 8.35. The summed E-state index contributed by atoms with van der Waals surface area (Å²) in [5.74, 6) is 0.914. The highest BCUT2D eigenvalue weighted by Gasteiger charge is 2.27. The highest BCUT2D eigenvalue weighted by atomic mass is 35.5. The third kappa shape index (κ3) is 4.51. The molecule has 1 N–H and O–H groups in total. The molecule has 0 bridgehead atoms.